The Hall–Kier alpha value is -3.40. The number of likely N-dealkylation sites (tertiary alicyclic amines) is 1. The van der Waals surface area contributed by atoms with Crippen LogP contribution in [-0.4, -0.2) is 58.8 Å². The smallest absolute Gasteiger partial charge is 0.416 e. The molecule has 3 heterocycles. The van der Waals surface area contributed by atoms with Gasteiger partial charge in [0.2, 0.25) is 11.8 Å². The van der Waals surface area contributed by atoms with Gasteiger partial charge in [0, 0.05) is 43.6 Å². The Bertz CT molecular complexity index is 1310. The highest BCUT2D eigenvalue weighted by molar-refractivity contribution is 6.05. The Morgan fingerprint density at radius 3 is 2.49 bits per heavy atom. The quantitative estimate of drug-likeness (QED) is 0.573. The van der Waals surface area contributed by atoms with Gasteiger partial charge >= 0.3 is 6.18 Å². The Labute approximate surface area is 224 Å². The van der Waals surface area contributed by atoms with Crippen LogP contribution in [0, 0.1) is 0 Å². The standard InChI is InChI=1S/C29H30F3N3O4/c30-29(31,32)22-6-2-1-5-20(22)18-14-34(15-18)23-7-3-4-8-25(23)39-19-9-10-21-17(13-19)16-35(28(21)38)24-11-12-26(36)33-27(24)37/h1-2,5-6,9-10,13,18,23-25H,3-4,7-8,11-12,14-16H2,(H,33,36,37)/t23-,24?,25?/m0/s1. The van der Waals surface area contributed by atoms with Crippen LogP contribution in [0.4, 0.5) is 13.2 Å². The number of benzene rings is 2. The van der Waals surface area contributed by atoms with E-state index in [0.29, 0.717) is 36.4 Å². The molecule has 0 bridgehead atoms. The third kappa shape index (κ3) is 4.90. The third-order valence-corrected chi connectivity index (χ3v) is 8.53. The lowest BCUT2D eigenvalue weighted by Gasteiger charge is -2.49. The first-order chi connectivity index (χ1) is 18.7. The second kappa shape index (κ2) is 9.97. The molecule has 0 radical (unpaired) electrons. The van der Waals surface area contributed by atoms with Gasteiger partial charge in [-0.1, -0.05) is 24.6 Å². The number of hydrogen-bond donors (Lipinski definition) is 1. The molecule has 39 heavy (non-hydrogen) atoms. The topological polar surface area (TPSA) is 79.0 Å². The highest BCUT2D eigenvalue weighted by Crippen LogP contribution is 2.41. The Kier molecular flexibility index (Phi) is 6.61. The number of hydrogen-bond acceptors (Lipinski definition) is 5. The van der Waals surface area contributed by atoms with Crippen LogP contribution in [0.3, 0.4) is 0 Å². The maximum atomic E-state index is 13.5. The van der Waals surface area contributed by atoms with E-state index in [4.69, 9.17) is 4.74 Å². The summed E-state index contributed by atoms with van der Waals surface area (Å²) in [6, 6.07) is 10.6. The van der Waals surface area contributed by atoms with Crippen molar-refractivity contribution in [3.8, 4) is 5.75 Å². The zero-order chi connectivity index (χ0) is 27.3. The molecule has 3 atom stereocenters. The van der Waals surface area contributed by atoms with Crippen LogP contribution in [0.2, 0.25) is 0 Å². The van der Waals surface area contributed by atoms with Crippen molar-refractivity contribution < 1.29 is 32.3 Å². The van der Waals surface area contributed by atoms with Gasteiger partial charge in [-0.25, -0.2) is 0 Å². The summed E-state index contributed by atoms with van der Waals surface area (Å²) in [5, 5.41) is 2.31. The zero-order valence-electron chi connectivity index (χ0n) is 21.4. The number of carbonyl (C=O) groups excluding carboxylic acids is 3. The molecule has 2 unspecified atom stereocenters. The second-order valence-electron chi connectivity index (χ2n) is 11.0. The summed E-state index contributed by atoms with van der Waals surface area (Å²) in [4.78, 5) is 40.6. The van der Waals surface area contributed by atoms with Gasteiger partial charge in [0.05, 0.1) is 5.56 Å². The molecule has 4 aliphatic rings. The molecule has 1 aliphatic carbocycles. The number of halogens is 3. The monoisotopic (exact) mass is 541 g/mol. The van der Waals surface area contributed by atoms with E-state index in [2.05, 4.69) is 10.2 Å². The van der Waals surface area contributed by atoms with Crippen molar-refractivity contribution in [1.29, 1.82) is 0 Å². The minimum atomic E-state index is -4.36. The Morgan fingerprint density at radius 2 is 1.72 bits per heavy atom. The van der Waals surface area contributed by atoms with Gasteiger partial charge in [-0.05, 0) is 61.1 Å². The predicted octanol–water partition coefficient (Wildman–Crippen LogP) is 4.26. The fraction of sp³-hybridized carbons (Fsp3) is 0.483. The van der Waals surface area contributed by atoms with Crippen LogP contribution in [0.15, 0.2) is 42.5 Å². The lowest BCUT2D eigenvalue weighted by Crippen LogP contribution is -2.57. The molecule has 2 aromatic rings. The number of fused-ring (bicyclic) bond motifs is 1. The van der Waals surface area contributed by atoms with Crippen LogP contribution < -0.4 is 10.1 Å². The molecule has 1 N–H and O–H groups in total. The van der Waals surface area contributed by atoms with E-state index in [1.165, 1.54) is 11.0 Å². The van der Waals surface area contributed by atoms with E-state index in [1.54, 1.807) is 24.3 Å². The SMILES string of the molecule is O=C1CCC(N2Cc3cc(OC4CCCC[C@@H]4N4CC(c5ccccc5C(F)(F)F)C4)ccc3C2=O)C(=O)N1. The third-order valence-electron chi connectivity index (χ3n) is 8.53. The largest absolute Gasteiger partial charge is 0.489 e. The molecule has 10 heteroatoms. The van der Waals surface area contributed by atoms with Crippen LogP contribution >= 0.6 is 0 Å². The van der Waals surface area contributed by atoms with E-state index in [-0.39, 0.29) is 42.8 Å². The first-order valence-corrected chi connectivity index (χ1v) is 13.5. The Morgan fingerprint density at radius 1 is 0.949 bits per heavy atom. The van der Waals surface area contributed by atoms with Crippen molar-refractivity contribution in [3.63, 3.8) is 0 Å². The molecule has 0 spiro atoms. The van der Waals surface area contributed by atoms with Gasteiger partial charge in [-0.3, -0.25) is 24.6 Å². The second-order valence-corrected chi connectivity index (χ2v) is 11.0. The highest BCUT2D eigenvalue weighted by atomic mass is 19.4. The fourth-order valence-electron chi connectivity index (χ4n) is 6.52. The van der Waals surface area contributed by atoms with E-state index < -0.39 is 23.7 Å². The minimum absolute atomic E-state index is 0.0982. The Balaban J connectivity index is 1.12. The first kappa shape index (κ1) is 25.9. The van der Waals surface area contributed by atoms with Crippen molar-refractivity contribution >= 4 is 17.7 Å². The molecule has 1 saturated carbocycles. The number of nitrogens with zero attached hydrogens (tertiary/aromatic N) is 2. The number of carbonyl (C=O) groups is 3. The summed E-state index contributed by atoms with van der Waals surface area (Å²) in [6.45, 7) is 1.41. The van der Waals surface area contributed by atoms with Gasteiger partial charge in [-0.15, -0.1) is 0 Å². The molecule has 7 nitrogen and oxygen atoms in total. The molecule has 6 rings (SSSR count). The van der Waals surface area contributed by atoms with Crippen LogP contribution in [0.1, 0.15) is 71.5 Å². The van der Waals surface area contributed by atoms with E-state index in [9.17, 15) is 27.6 Å². The van der Waals surface area contributed by atoms with Gasteiger partial charge in [0.1, 0.15) is 17.9 Å². The number of amides is 3. The van der Waals surface area contributed by atoms with Crippen LogP contribution in [-0.2, 0) is 22.3 Å². The molecule has 0 aromatic heterocycles. The van der Waals surface area contributed by atoms with E-state index in [0.717, 1.165) is 37.3 Å². The summed E-state index contributed by atoms with van der Waals surface area (Å²) in [5.74, 6) is -0.513. The molecule has 206 valence electrons. The fourth-order valence-corrected chi connectivity index (χ4v) is 6.52. The van der Waals surface area contributed by atoms with Gasteiger partial charge in [0.25, 0.3) is 5.91 Å². The van der Waals surface area contributed by atoms with E-state index >= 15 is 0 Å². The van der Waals surface area contributed by atoms with Gasteiger partial charge in [-0.2, -0.15) is 13.2 Å². The molecule has 2 aromatic carbocycles. The number of ether oxygens (including phenoxy) is 1. The summed E-state index contributed by atoms with van der Waals surface area (Å²) >= 11 is 0. The maximum Gasteiger partial charge on any atom is 0.416 e. The van der Waals surface area contributed by atoms with Crippen LogP contribution in [0.25, 0.3) is 0 Å². The number of rotatable bonds is 5. The first-order valence-electron chi connectivity index (χ1n) is 13.5. The predicted molar refractivity (Wildman–Crippen MR) is 135 cm³/mol. The lowest BCUT2D eigenvalue weighted by atomic mass is 9.83. The van der Waals surface area contributed by atoms with Crippen molar-refractivity contribution in [1.82, 2.24) is 15.1 Å². The van der Waals surface area contributed by atoms with Gasteiger partial charge in [0.15, 0.2) is 0 Å². The molecule has 3 amide bonds. The normalized spacial score (nSPS) is 26.3. The maximum absolute atomic E-state index is 13.5. The number of imide groups is 1. The van der Waals surface area contributed by atoms with Crippen molar-refractivity contribution in [2.75, 3.05) is 13.1 Å². The van der Waals surface area contributed by atoms with E-state index in [1.807, 2.05) is 6.07 Å². The number of nitrogens with one attached hydrogen (secondary N) is 1. The van der Waals surface area contributed by atoms with Gasteiger partial charge < -0.3 is 9.64 Å². The highest BCUT2D eigenvalue weighted by Gasteiger charge is 2.43. The molecular formula is C29H30F3N3O4. The minimum Gasteiger partial charge on any atom is -0.489 e. The summed E-state index contributed by atoms with van der Waals surface area (Å²) < 4.78 is 47.0. The number of alkyl halides is 3. The van der Waals surface area contributed by atoms with Crippen molar-refractivity contribution in [2.45, 2.75) is 75.4 Å². The molecule has 3 fully saturated rings. The summed E-state index contributed by atoms with van der Waals surface area (Å²) in [7, 11) is 0. The number of piperidine rings is 1. The molecule has 2 saturated heterocycles. The average Bonchev–Trinajstić information content (AvgIpc) is 3.19. The van der Waals surface area contributed by atoms with Crippen molar-refractivity contribution in [2.24, 2.45) is 0 Å². The summed E-state index contributed by atoms with van der Waals surface area (Å²) in [6.07, 6.45) is -0.120. The molecule has 3 aliphatic heterocycles. The lowest BCUT2D eigenvalue weighted by molar-refractivity contribution is -0.139. The van der Waals surface area contributed by atoms with Crippen molar-refractivity contribution in [3.05, 3.63) is 64.7 Å². The van der Waals surface area contributed by atoms with Crippen LogP contribution in [0.5, 0.6) is 5.75 Å². The molecular weight excluding hydrogens is 511 g/mol. The summed E-state index contributed by atoms with van der Waals surface area (Å²) in [5.41, 5.74) is 1.12. The zero-order valence-corrected chi connectivity index (χ0v) is 21.4. The average molecular weight is 542 g/mol.